The first kappa shape index (κ1) is 21.5. The van der Waals surface area contributed by atoms with E-state index in [1.165, 1.54) is 17.0 Å². The van der Waals surface area contributed by atoms with Gasteiger partial charge in [-0.05, 0) is 37.7 Å². The average Bonchev–Trinajstić information content (AvgIpc) is 3.44. The Labute approximate surface area is 181 Å². The molecular weight excluding hydrogens is 399 g/mol. The molecule has 2 fully saturated rings. The van der Waals surface area contributed by atoms with Crippen molar-refractivity contribution in [3.05, 3.63) is 47.8 Å². The number of hydrogen-bond donors (Lipinski definition) is 3. The van der Waals surface area contributed by atoms with Crippen molar-refractivity contribution in [2.24, 2.45) is 28.7 Å². The number of imide groups is 1. The molecular formula is C23H29FN4O3. The SMILES string of the molecule is CCNC(=NCC(O)c1ccccc1F)NCCCN1C(=O)C2C3C=CC(C3)C2C1=O. The van der Waals surface area contributed by atoms with Gasteiger partial charge in [-0.15, -0.1) is 0 Å². The van der Waals surface area contributed by atoms with Gasteiger partial charge in [0.15, 0.2) is 5.96 Å². The van der Waals surface area contributed by atoms with Crippen LogP contribution < -0.4 is 10.6 Å². The fraction of sp³-hybridized carbons (Fsp3) is 0.522. The first-order valence-electron chi connectivity index (χ1n) is 11.0. The number of allylic oxidation sites excluding steroid dienone is 2. The maximum absolute atomic E-state index is 13.8. The Hall–Kier alpha value is -2.74. The van der Waals surface area contributed by atoms with Crippen molar-refractivity contribution in [1.82, 2.24) is 15.5 Å². The van der Waals surface area contributed by atoms with Gasteiger partial charge >= 0.3 is 0 Å². The lowest BCUT2D eigenvalue weighted by atomic mass is 9.85. The van der Waals surface area contributed by atoms with Gasteiger partial charge in [0.05, 0.1) is 18.4 Å². The van der Waals surface area contributed by atoms with Crippen LogP contribution in [0.4, 0.5) is 4.39 Å². The number of nitrogens with zero attached hydrogens (tertiary/aromatic N) is 2. The highest BCUT2D eigenvalue weighted by Crippen LogP contribution is 2.52. The fourth-order valence-electron chi connectivity index (χ4n) is 4.99. The van der Waals surface area contributed by atoms with E-state index in [0.717, 1.165) is 6.42 Å². The minimum absolute atomic E-state index is 0.0124. The smallest absolute Gasteiger partial charge is 0.233 e. The summed E-state index contributed by atoms with van der Waals surface area (Å²) in [5.74, 6) is 0.114. The summed E-state index contributed by atoms with van der Waals surface area (Å²) in [6, 6.07) is 6.09. The Morgan fingerprint density at radius 1 is 1.19 bits per heavy atom. The van der Waals surface area contributed by atoms with Crippen LogP contribution in [-0.4, -0.2) is 54.0 Å². The molecule has 5 atom stereocenters. The Bertz CT molecular complexity index is 873. The van der Waals surface area contributed by atoms with E-state index >= 15 is 0 Å². The third-order valence-corrected chi connectivity index (χ3v) is 6.44. The topological polar surface area (TPSA) is 94.0 Å². The second kappa shape index (κ2) is 9.18. The Kier molecular flexibility index (Phi) is 6.36. The number of aliphatic hydroxyl groups is 1. The van der Waals surface area contributed by atoms with Crippen LogP contribution in [0.25, 0.3) is 0 Å². The van der Waals surface area contributed by atoms with Crippen LogP contribution in [0.15, 0.2) is 41.4 Å². The number of rotatable bonds is 8. The number of hydrogen-bond acceptors (Lipinski definition) is 4. The summed E-state index contributed by atoms with van der Waals surface area (Å²) in [4.78, 5) is 31.2. The van der Waals surface area contributed by atoms with Crippen LogP contribution in [-0.2, 0) is 9.59 Å². The van der Waals surface area contributed by atoms with Gasteiger partial charge in [-0.3, -0.25) is 19.5 Å². The van der Waals surface area contributed by atoms with Crippen LogP contribution in [0.2, 0.25) is 0 Å². The van der Waals surface area contributed by atoms with E-state index in [1.807, 2.05) is 6.92 Å². The highest BCUT2D eigenvalue weighted by molar-refractivity contribution is 6.06. The number of amides is 2. The zero-order valence-electron chi connectivity index (χ0n) is 17.6. The van der Waals surface area contributed by atoms with Crippen molar-refractivity contribution >= 4 is 17.8 Å². The summed E-state index contributed by atoms with van der Waals surface area (Å²) in [5, 5.41) is 16.5. The average molecular weight is 429 g/mol. The Morgan fingerprint density at radius 3 is 2.52 bits per heavy atom. The number of likely N-dealkylation sites (tertiary alicyclic amines) is 1. The molecule has 1 heterocycles. The minimum Gasteiger partial charge on any atom is -0.386 e. The van der Waals surface area contributed by atoms with Crippen molar-refractivity contribution in [3.63, 3.8) is 0 Å². The van der Waals surface area contributed by atoms with E-state index in [9.17, 15) is 19.1 Å². The fourth-order valence-corrected chi connectivity index (χ4v) is 4.99. The first-order chi connectivity index (χ1) is 15.0. The second-order valence-electron chi connectivity index (χ2n) is 8.37. The van der Waals surface area contributed by atoms with Gasteiger partial charge in [0.1, 0.15) is 11.9 Å². The molecule has 1 saturated carbocycles. The molecule has 2 aliphatic carbocycles. The number of carbonyl (C=O) groups excluding carboxylic acids is 2. The molecule has 0 radical (unpaired) electrons. The van der Waals surface area contributed by atoms with Gasteiger partial charge in [-0.2, -0.15) is 0 Å². The highest BCUT2D eigenvalue weighted by atomic mass is 19.1. The largest absolute Gasteiger partial charge is 0.386 e. The number of benzene rings is 1. The number of fused-ring (bicyclic) bond motifs is 5. The maximum Gasteiger partial charge on any atom is 0.233 e. The van der Waals surface area contributed by atoms with Gasteiger partial charge in [-0.25, -0.2) is 4.39 Å². The number of nitrogens with one attached hydrogen (secondary N) is 2. The van der Waals surface area contributed by atoms with Crippen LogP contribution in [0.3, 0.4) is 0 Å². The molecule has 31 heavy (non-hydrogen) atoms. The molecule has 166 valence electrons. The van der Waals surface area contributed by atoms with Crippen LogP contribution in [0.5, 0.6) is 0 Å². The predicted molar refractivity (Wildman–Crippen MR) is 114 cm³/mol. The number of halogens is 1. The van der Waals surface area contributed by atoms with E-state index in [0.29, 0.717) is 32.0 Å². The second-order valence-corrected chi connectivity index (χ2v) is 8.37. The molecule has 1 saturated heterocycles. The van der Waals surface area contributed by atoms with Crippen LogP contribution in [0.1, 0.15) is 31.4 Å². The minimum atomic E-state index is -1.04. The van der Waals surface area contributed by atoms with Gasteiger partial charge in [0, 0.05) is 25.2 Å². The predicted octanol–water partition coefficient (Wildman–Crippen LogP) is 1.61. The zero-order valence-corrected chi connectivity index (χ0v) is 17.6. The number of carbonyl (C=O) groups is 2. The van der Waals surface area contributed by atoms with Crippen LogP contribution >= 0.6 is 0 Å². The standard InChI is InChI=1S/C23H29FN4O3/c1-2-25-23(27-13-18(29)16-6-3-4-7-17(16)24)26-10-5-11-28-21(30)19-14-8-9-15(12-14)20(19)22(28)31/h3-4,6-9,14-15,18-20,29H,2,5,10-13H2,1H3,(H2,25,26,27). The van der Waals surface area contributed by atoms with Crippen molar-refractivity contribution in [2.45, 2.75) is 25.9 Å². The lowest BCUT2D eigenvalue weighted by molar-refractivity contribution is -0.140. The highest BCUT2D eigenvalue weighted by Gasteiger charge is 2.58. The van der Waals surface area contributed by atoms with Gasteiger partial charge in [0.25, 0.3) is 0 Å². The van der Waals surface area contributed by atoms with Crippen LogP contribution in [0, 0.1) is 29.5 Å². The normalized spacial score (nSPS) is 27.7. The summed E-state index contributed by atoms with van der Waals surface area (Å²) >= 11 is 0. The lowest BCUT2D eigenvalue weighted by Crippen LogP contribution is -2.40. The Morgan fingerprint density at radius 2 is 1.87 bits per heavy atom. The molecule has 1 aromatic carbocycles. The first-order valence-corrected chi connectivity index (χ1v) is 11.0. The monoisotopic (exact) mass is 428 g/mol. The summed E-state index contributed by atoms with van der Waals surface area (Å²) < 4.78 is 13.8. The van der Waals surface area contributed by atoms with Gasteiger partial charge in [0.2, 0.25) is 11.8 Å². The zero-order chi connectivity index (χ0) is 22.0. The van der Waals surface area contributed by atoms with Gasteiger partial charge < -0.3 is 15.7 Å². The van der Waals surface area contributed by atoms with Crippen molar-refractivity contribution in [3.8, 4) is 0 Å². The number of guanidine groups is 1. The van der Waals surface area contributed by atoms with Crippen molar-refractivity contribution in [2.75, 3.05) is 26.2 Å². The molecule has 7 nitrogen and oxygen atoms in total. The molecule has 8 heteroatoms. The molecule has 2 amide bonds. The summed E-state index contributed by atoms with van der Waals surface area (Å²) in [6.07, 6.45) is 4.68. The van der Waals surface area contributed by atoms with E-state index in [-0.39, 0.29) is 47.6 Å². The molecule has 1 aromatic rings. The quantitative estimate of drug-likeness (QED) is 0.192. The lowest BCUT2D eigenvalue weighted by Gasteiger charge is -2.18. The maximum atomic E-state index is 13.8. The summed E-state index contributed by atoms with van der Waals surface area (Å²) in [5.41, 5.74) is 0.210. The van der Waals surface area contributed by atoms with Gasteiger partial charge in [-0.1, -0.05) is 30.4 Å². The van der Waals surface area contributed by atoms with Crippen molar-refractivity contribution < 1.29 is 19.1 Å². The number of aliphatic hydroxyl groups excluding tert-OH is 1. The number of aliphatic imine (C=N–C) groups is 1. The molecule has 3 N–H and O–H groups in total. The molecule has 3 aliphatic rings. The van der Waals surface area contributed by atoms with E-state index in [2.05, 4.69) is 27.8 Å². The summed E-state index contributed by atoms with van der Waals surface area (Å²) in [7, 11) is 0. The molecule has 0 aromatic heterocycles. The molecule has 0 spiro atoms. The summed E-state index contributed by atoms with van der Waals surface area (Å²) in [6.45, 7) is 3.46. The van der Waals surface area contributed by atoms with E-state index in [1.54, 1.807) is 12.1 Å². The molecule has 4 rings (SSSR count). The molecule has 1 aliphatic heterocycles. The van der Waals surface area contributed by atoms with E-state index in [4.69, 9.17) is 0 Å². The Balaban J connectivity index is 1.26. The van der Waals surface area contributed by atoms with E-state index < -0.39 is 11.9 Å². The molecule has 5 unspecified atom stereocenters. The molecule has 2 bridgehead atoms. The third kappa shape index (κ3) is 4.21. The van der Waals surface area contributed by atoms with Crippen molar-refractivity contribution in [1.29, 1.82) is 0 Å². The third-order valence-electron chi connectivity index (χ3n) is 6.44.